The summed E-state index contributed by atoms with van der Waals surface area (Å²) in [5.74, 6) is -1.47. The molecule has 0 saturated carbocycles. The number of carbonyl (C=O) groups is 3. The predicted molar refractivity (Wildman–Crippen MR) is 93.4 cm³/mol. The SMILES string of the molecule is Cc1ccc([N+](=O)[O-])cc1N1C(=O)c2ccc(C(=O)N(C)C)cc2C1=O. The van der Waals surface area contributed by atoms with Gasteiger partial charge in [-0.05, 0) is 30.7 Å². The number of fused-ring (bicyclic) bond motifs is 1. The topological polar surface area (TPSA) is 101 Å². The standard InChI is InChI=1S/C18H15N3O5/c1-10-4-6-12(21(25)26)9-15(10)20-17(23)13-7-5-11(16(22)19(2)3)8-14(13)18(20)24/h4-9H,1-3H3. The molecule has 0 saturated heterocycles. The Labute approximate surface area is 148 Å². The lowest BCUT2D eigenvalue weighted by Gasteiger charge is -2.16. The van der Waals surface area contributed by atoms with Crippen molar-refractivity contribution in [3.63, 3.8) is 0 Å². The molecule has 0 fully saturated rings. The number of anilines is 1. The minimum atomic E-state index is -0.609. The zero-order valence-corrected chi connectivity index (χ0v) is 14.3. The zero-order chi connectivity index (χ0) is 19.2. The van der Waals surface area contributed by atoms with Crippen LogP contribution in [-0.4, -0.2) is 41.6 Å². The quantitative estimate of drug-likeness (QED) is 0.479. The van der Waals surface area contributed by atoms with Crippen LogP contribution < -0.4 is 4.90 Å². The van der Waals surface area contributed by atoms with Gasteiger partial charge in [0.1, 0.15) is 0 Å². The van der Waals surface area contributed by atoms with Crippen molar-refractivity contribution in [2.24, 2.45) is 0 Å². The predicted octanol–water partition coefficient (Wildman–Crippen LogP) is 2.41. The molecule has 3 rings (SSSR count). The molecule has 0 N–H and O–H groups in total. The first-order chi connectivity index (χ1) is 12.2. The number of rotatable bonds is 3. The smallest absolute Gasteiger partial charge is 0.271 e. The first-order valence-electron chi connectivity index (χ1n) is 7.72. The summed E-state index contributed by atoms with van der Waals surface area (Å²) in [5, 5.41) is 11.0. The molecular formula is C18H15N3O5. The van der Waals surface area contributed by atoms with Gasteiger partial charge in [0.15, 0.2) is 0 Å². The fraction of sp³-hybridized carbons (Fsp3) is 0.167. The molecule has 3 amide bonds. The van der Waals surface area contributed by atoms with Gasteiger partial charge >= 0.3 is 0 Å². The molecule has 0 aliphatic carbocycles. The fourth-order valence-corrected chi connectivity index (χ4v) is 2.80. The second kappa shape index (κ2) is 6.07. The van der Waals surface area contributed by atoms with Gasteiger partial charge in [-0.25, -0.2) is 4.90 Å². The van der Waals surface area contributed by atoms with Crippen molar-refractivity contribution in [1.29, 1.82) is 0 Å². The number of non-ortho nitro benzene ring substituents is 1. The molecule has 1 heterocycles. The van der Waals surface area contributed by atoms with Gasteiger partial charge in [0.2, 0.25) is 0 Å². The number of nitrogens with zero attached hydrogens (tertiary/aromatic N) is 3. The maximum atomic E-state index is 12.8. The molecule has 0 aromatic heterocycles. The van der Waals surface area contributed by atoms with Gasteiger partial charge in [0.25, 0.3) is 23.4 Å². The molecule has 0 radical (unpaired) electrons. The summed E-state index contributed by atoms with van der Waals surface area (Å²) >= 11 is 0. The highest BCUT2D eigenvalue weighted by molar-refractivity contribution is 6.35. The van der Waals surface area contributed by atoms with Crippen LogP contribution in [-0.2, 0) is 0 Å². The van der Waals surface area contributed by atoms with E-state index >= 15 is 0 Å². The van der Waals surface area contributed by atoms with Crippen LogP contribution in [0.25, 0.3) is 0 Å². The van der Waals surface area contributed by atoms with Gasteiger partial charge in [-0.3, -0.25) is 24.5 Å². The molecule has 132 valence electrons. The average molecular weight is 353 g/mol. The minimum absolute atomic E-state index is 0.105. The van der Waals surface area contributed by atoms with Crippen LogP contribution in [0.15, 0.2) is 36.4 Å². The van der Waals surface area contributed by atoms with E-state index in [1.54, 1.807) is 21.0 Å². The Kier molecular flexibility index (Phi) is 4.03. The summed E-state index contributed by atoms with van der Waals surface area (Å²) < 4.78 is 0. The van der Waals surface area contributed by atoms with E-state index in [-0.39, 0.29) is 34.0 Å². The van der Waals surface area contributed by atoms with Crippen LogP contribution in [0.2, 0.25) is 0 Å². The van der Waals surface area contributed by atoms with E-state index in [1.807, 2.05) is 0 Å². The van der Waals surface area contributed by atoms with E-state index in [9.17, 15) is 24.5 Å². The Bertz CT molecular complexity index is 981. The number of benzene rings is 2. The van der Waals surface area contributed by atoms with Crippen molar-refractivity contribution in [3.8, 4) is 0 Å². The summed E-state index contributed by atoms with van der Waals surface area (Å²) in [6.07, 6.45) is 0. The highest BCUT2D eigenvalue weighted by Crippen LogP contribution is 2.33. The van der Waals surface area contributed by atoms with Crippen molar-refractivity contribution >= 4 is 29.1 Å². The number of carbonyl (C=O) groups excluding carboxylic acids is 3. The number of hydrogen-bond acceptors (Lipinski definition) is 5. The Hall–Kier alpha value is -3.55. The van der Waals surface area contributed by atoms with Gasteiger partial charge in [-0.2, -0.15) is 0 Å². The second-order valence-electron chi connectivity index (χ2n) is 6.13. The van der Waals surface area contributed by atoms with Gasteiger partial charge in [-0.15, -0.1) is 0 Å². The first kappa shape index (κ1) is 17.3. The summed E-state index contributed by atoms with van der Waals surface area (Å²) in [7, 11) is 3.17. The third-order valence-electron chi connectivity index (χ3n) is 4.18. The molecule has 8 nitrogen and oxygen atoms in total. The van der Waals surface area contributed by atoms with Crippen LogP contribution in [0.4, 0.5) is 11.4 Å². The molecule has 1 aliphatic heterocycles. The number of nitro benzene ring substituents is 1. The molecule has 2 aromatic rings. The molecule has 2 aromatic carbocycles. The third-order valence-corrected chi connectivity index (χ3v) is 4.18. The molecule has 0 unspecified atom stereocenters. The van der Waals surface area contributed by atoms with E-state index in [4.69, 9.17) is 0 Å². The number of imide groups is 1. The summed E-state index contributed by atoms with van der Waals surface area (Å²) in [6, 6.07) is 8.28. The number of nitro groups is 1. The molecular weight excluding hydrogens is 338 g/mol. The molecule has 1 aliphatic rings. The van der Waals surface area contributed by atoms with Crippen LogP contribution in [0.3, 0.4) is 0 Å². The van der Waals surface area contributed by atoms with Gasteiger partial charge in [0, 0.05) is 31.8 Å². The molecule has 0 bridgehead atoms. The Morgan fingerprint density at radius 2 is 1.69 bits per heavy atom. The Balaban J connectivity index is 2.09. The molecule has 0 atom stereocenters. The molecule has 0 spiro atoms. The maximum absolute atomic E-state index is 12.8. The summed E-state index contributed by atoms with van der Waals surface area (Å²) in [4.78, 5) is 50.3. The van der Waals surface area contributed by atoms with Crippen molar-refractivity contribution < 1.29 is 19.3 Å². The lowest BCUT2D eigenvalue weighted by Crippen LogP contribution is -2.30. The Morgan fingerprint density at radius 1 is 1.04 bits per heavy atom. The number of hydrogen-bond donors (Lipinski definition) is 0. The lowest BCUT2D eigenvalue weighted by atomic mass is 10.1. The summed E-state index contributed by atoms with van der Waals surface area (Å²) in [5.41, 5.74) is 1.04. The van der Waals surface area contributed by atoms with Gasteiger partial charge in [0.05, 0.1) is 21.7 Å². The normalized spacial score (nSPS) is 13.0. The maximum Gasteiger partial charge on any atom is 0.271 e. The second-order valence-corrected chi connectivity index (χ2v) is 6.13. The van der Waals surface area contributed by atoms with Crippen molar-refractivity contribution in [2.75, 3.05) is 19.0 Å². The lowest BCUT2D eigenvalue weighted by molar-refractivity contribution is -0.384. The van der Waals surface area contributed by atoms with E-state index in [1.165, 1.54) is 41.3 Å². The monoisotopic (exact) mass is 353 g/mol. The van der Waals surface area contributed by atoms with E-state index in [0.29, 0.717) is 5.56 Å². The van der Waals surface area contributed by atoms with E-state index in [0.717, 1.165) is 4.90 Å². The Morgan fingerprint density at radius 3 is 2.31 bits per heavy atom. The van der Waals surface area contributed by atoms with Crippen molar-refractivity contribution in [3.05, 3.63) is 68.8 Å². The van der Waals surface area contributed by atoms with Crippen molar-refractivity contribution in [2.45, 2.75) is 6.92 Å². The zero-order valence-electron chi connectivity index (χ0n) is 14.3. The van der Waals surface area contributed by atoms with E-state index in [2.05, 4.69) is 0 Å². The van der Waals surface area contributed by atoms with Crippen LogP contribution in [0.5, 0.6) is 0 Å². The van der Waals surface area contributed by atoms with Crippen molar-refractivity contribution in [1.82, 2.24) is 4.90 Å². The average Bonchev–Trinajstić information content (AvgIpc) is 2.85. The fourth-order valence-electron chi connectivity index (χ4n) is 2.80. The van der Waals surface area contributed by atoms with Gasteiger partial charge < -0.3 is 4.90 Å². The van der Waals surface area contributed by atoms with Crippen LogP contribution in [0.1, 0.15) is 36.6 Å². The van der Waals surface area contributed by atoms with Crippen LogP contribution >= 0.6 is 0 Å². The highest BCUT2D eigenvalue weighted by atomic mass is 16.6. The number of amides is 3. The third kappa shape index (κ3) is 2.61. The van der Waals surface area contributed by atoms with Crippen LogP contribution in [0, 0.1) is 17.0 Å². The van der Waals surface area contributed by atoms with Gasteiger partial charge in [-0.1, -0.05) is 6.07 Å². The van der Waals surface area contributed by atoms with E-state index < -0.39 is 16.7 Å². The first-order valence-corrected chi connectivity index (χ1v) is 7.72. The minimum Gasteiger partial charge on any atom is -0.345 e. The molecule has 8 heteroatoms. The number of aryl methyl sites for hydroxylation is 1. The molecule has 26 heavy (non-hydrogen) atoms. The largest absolute Gasteiger partial charge is 0.345 e. The summed E-state index contributed by atoms with van der Waals surface area (Å²) in [6.45, 7) is 1.66. The highest BCUT2D eigenvalue weighted by Gasteiger charge is 2.38.